The van der Waals surface area contributed by atoms with Gasteiger partial charge in [0, 0.05) is 49.4 Å². The number of sulfonamides is 1. The predicted octanol–water partition coefficient (Wildman–Crippen LogP) is 4.46. The molecule has 4 rings (SSSR count). The van der Waals surface area contributed by atoms with Gasteiger partial charge in [0.15, 0.2) is 5.84 Å². The van der Waals surface area contributed by atoms with Crippen molar-refractivity contribution in [2.24, 2.45) is 16.8 Å². The monoisotopic (exact) mass is 824 g/mol. The average molecular weight is 825 g/mol. The van der Waals surface area contributed by atoms with Crippen LogP contribution in [0.25, 0.3) is 0 Å². The summed E-state index contributed by atoms with van der Waals surface area (Å²) in [6.45, 7) is 10.3. The fraction of sp³-hybridized carbons (Fsp3) is 0.595. The largest absolute Gasteiger partial charge is 0.444 e. The summed E-state index contributed by atoms with van der Waals surface area (Å²) < 4.78 is 39.5. The van der Waals surface area contributed by atoms with E-state index in [2.05, 4.69) is 14.7 Å². The highest BCUT2D eigenvalue weighted by atomic mass is 35.5. The molecule has 2 aliphatic heterocycles. The van der Waals surface area contributed by atoms with E-state index < -0.39 is 45.7 Å². The minimum atomic E-state index is -3.82. The first kappa shape index (κ1) is 44.0. The molecule has 15 nitrogen and oxygen atoms in total. The number of carbonyl (C=O) groups excluding carboxylic acids is 4. The van der Waals surface area contributed by atoms with Gasteiger partial charge in [0.05, 0.1) is 30.4 Å². The Labute approximate surface area is 332 Å². The topological polar surface area (TPSA) is 190 Å². The van der Waals surface area contributed by atoms with Crippen LogP contribution < -0.4 is 10.5 Å². The molecule has 0 saturated carbocycles. The zero-order valence-corrected chi connectivity index (χ0v) is 34.7. The number of likely N-dealkylation sites (N-methyl/N-ethyl adjacent to an activating group) is 1. The molecule has 18 heteroatoms. The molecule has 3 atom stereocenters. The molecular formula is C37H53ClN6O9S2. The number of halogens is 1. The van der Waals surface area contributed by atoms with Crippen LogP contribution in [0.1, 0.15) is 82.0 Å². The SMILES string of the molecule is CCN(Cc1ccc(/C(N)=N/OC(C)=O)s1)C(=O)[C@@H]1C[C@@H](OCc2ccc(Cl)cc2)CN1C(=O)[C@@H](CCC1CCN(C(=O)OC(C)(C)C)CC1)NS(C)(=O)=O. The van der Waals surface area contributed by atoms with Gasteiger partial charge < -0.3 is 34.7 Å². The molecule has 0 unspecified atom stereocenters. The number of hydrogen-bond acceptors (Lipinski definition) is 11. The standard InChI is InChI=1S/C37H53ClN6O9S2/c1-7-42(22-29-13-15-32(54-29)33(39)40-53-24(2)45)35(47)31-20-28(51-23-26-8-11-27(38)12-9-26)21-44(31)34(46)30(41-55(6,49)50)14-10-25-16-18-43(19-17-25)36(48)52-37(3,4)5/h8-9,11-13,15,25,28,30-31,41H,7,10,14,16-23H2,1-6H3,(H2,39,40)/t28-,30-,31+/m1/s1. The quantitative estimate of drug-likeness (QED) is 0.112. The van der Waals surface area contributed by atoms with Gasteiger partial charge in [-0.25, -0.2) is 22.7 Å². The van der Waals surface area contributed by atoms with Gasteiger partial charge in [-0.2, -0.15) is 0 Å². The second-order valence-corrected chi connectivity index (χ2v) is 18.3. The van der Waals surface area contributed by atoms with Crippen molar-refractivity contribution in [3.05, 3.63) is 56.7 Å². The molecule has 0 spiro atoms. The van der Waals surface area contributed by atoms with Crippen LogP contribution in [0.5, 0.6) is 0 Å². The second-order valence-electron chi connectivity index (χ2n) is 14.9. The number of oxime groups is 1. The molecular weight excluding hydrogens is 772 g/mol. The molecule has 3 heterocycles. The van der Waals surface area contributed by atoms with Gasteiger partial charge in [-0.15, -0.1) is 11.3 Å². The number of rotatable bonds is 15. The van der Waals surface area contributed by atoms with Crippen molar-refractivity contribution in [2.75, 3.05) is 32.4 Å². The number of piperidine rings is 1. The maximum atomic E-state index is 14.4. The normalized spacial score (nSPS) is 18.9. The maximum Gasteiger partial charge on any atom is 0.410 e. The Morgan fingerprint density at radius 2 is 1.78 bits per heavy atom. The number of nitrogens with two attached hydrogens (primary N) is 1. The van der Waals surface area contributed by atoms with Crippen molar-refractivity contribution in [3.63, 3.8) is 0 Å². The van der Waals surface area contributed by atoms with Crippen molar-refractivity contribution in [1.82, 2.24) is 19.4 Å². The van der Waals surface area contributed by atoms with E-state index in [1.807, 2.05) is 39.8 Å². The molecule has 3 amide bonds. The first-order valence-corrected chi connectivity index (χ1v) is 21.4. The van der Waals surface area contributed by atoms with Crippen molar-refractivity contribution >= 4 is 62.7 Å². The van der Waals surface area contributed by atoms with E-state index in [0.717, 1.165) is 16.7 Å². The molecule has 3 N–H and O–H groups in total. The maximum absolute atomic E-state index is 14.4. The summed E-state index contributed by atoms with van der Waals surface area (Å²) in [5.41, 5.74) is 6.24. The van der Waals surface area contributed by atoms with Crippen molar-refractivity contribution in [1.29, 1.82) is 0 Å². The summed E-state index contributed by atoms with van der Waals surface area (Å²) in [6.07, 6.45) is 2.46. The van der Waals surface area contributed by atoms with E-state index in [1.54, 1.807) is 34.1 Å². The number of nitrogens with one attached hydrogen (secondary N) is 1. The van der Waals surface area contributed by atoms with Gasteiger partial charge in [-0.1, -0.05) is 28.9 Å². The van der Waals surface area contributed by atoms with Crippen molar-refractivity contribution in [2.45, 2.75) is 104 Å². The average Bonchev–Trinajstić information content (AvgIpc) is 3.77. The summed E-state index contributed by atoms with van der Waals surface area (Å²) in [6, 6.07) is 8.67. The lowest BCUT2D eigenvalue weighted by Crippen LogP contribution is -2.54. The van der Waals surface area contributed by atoms with E-state index in [9.17, 15) is 27.6 Å². The first-order chi connectivity index (χ1) is 25.8. The number of amides is 3. The molecule has 1 aromatic carbocycles. The Kier molecular flexibility index (Phi) is 15.5. The molecule has 0 aliphatic carbocycles. The smallest absolute Gasteiger partial charge is 0.410 e. The molecule has 2 fully saturated rings. The Balaban J connectivity index is 1.51. The Morgan fingerprint density at radius 1 is 1.11 bits per heavy atom. The van der Waals surface area contributed by atoms with E-state index in [1.165, 1.54) is 23.2 Å². The van der Waals surface area contributed by atoms with Gasteiger partial charge in [0.1, 0.15) is 17.7 Å². The highest BCUT2D eigenvalue weighted by molar-refractivity contribution is 7.88. The van der Waals surface area contributed by atoms with Gasteiger partial charge in [-0.3, -0.25) is 9.59 Å². The second kappa shape index (κ2) is 19.4. The number of ether oxygens (including phenoxy) is 2. The number of nitrogens with zero attached hydrogens (tertiary/aromatic N) is 4. The van der Waals surface area contributed by atoms with E-state index in [0.29, 0.717) is 48.8 Å². The lowest BCUT2D eigenvalue weighted by molar-refractivity contribution is -0.145. The number of thiophene rings is 1. The third-order valence-electron chi connectivity index (χ3n) is 9.24. The third-order valence-corrected chi connectivity index (χ3v) is 11.3. The van der Waals surface area contributed by atoms with Gasteiger partial charge >= 0.3 is 12.1 Å². The predicted molar refractivity (Wildman–Crippen MR) is 210 cm³/mol. The van der Waals surface area contributed by atoms with Crippen LogP contribution in [-0.2, 0) is 51.9 Å². The molecule has 55 heavy (non-hydrogen) atoms. The van der Waals surface area contributed by atoms with Crippen LogP contribution >= 0.6 is 22.9 Å². The van der Waals surface area contributed by atoms with Crippen LogP contribution in [0.3, 0.4) is 0 Å². The van der Waals surface area contributed by atoms with Gasteiger partial charge in [0.2, 0.25) is 21.8 Å². The van der Waals surface area contributed by atoms with Gasteiger partial charge in [-0.05, 0) is 89.1 Å². The van der Waals surface area contributed by atoms with Crippen LogP contribution in [0.2, 0.25) is 5.02 Å². The summed E-state index contributed by atoms with van der Waals surface area (Å²) in [4.78, 5) is 63.2. The fourth-order valence-electron chi connectivity index (χ4n) is 6.52. The van der Waals surface area contributed by atoms with Crippen LogP contribution in [0.4, 0.5) is 4.79 Å². The summed E-state index contributed by atoms with van der Waals surface area (Å²) in [5.74, 6) is -1.24. The number of likely N-dealkylation sites (tertiary alicyclic amines) is 2. The highest BCUT2D eigenvalue weighted by Gasteiger charge is 2.44. The van der Waals surface area contributed by atoms with Gasteiger partial charge in [0.25, 0.3) is 0 Å². The minimum absolute atomic E-state index is 0.0204. The number of hydrogen-bond donors (Lipinski definition) is 2. The summed E-state index contributed by atoms with van der Waals surface area (Å²) in [7, 11) is -3.82. The van der Waals surface area contributed by atoms with E-state index >= 15 is 0 Å². The van der Waals surface area contributed by atoms with E-state index in [4.69, 9.17) is 26.8 Å². The highest BCUT2D eigenvalue weighted by Crippen LogP contribution is 2.29. The molecule has 0 radical (unpaired) electrons. The first-order valence-electron chi connectivity index (χ1n) is 18.3. The molecule has 304 valence electrons. The molecule has 1 aromatic heterocycles. The molecule has 2 aromatic rings. The van der Waals surface area contributed by atoms with Crippen LogP contribution in [-0.4, -0.2) is 109 Å². The zero-order chi connectivity index (χ0) is 40.5. The Morgan fingerprint density at radius 3 is 2.38 bits per heavy atom. The van der Waals surface area contributed by atoms with Crippen LogP contribution in [0, 0.1) is 5.92 Å². The Bertz CT molecular complexity index is 1790. The summed E-state index contributed by atoms with van der Waals surface area (Å²) >= 11 is 7.34. The fourth-order valence-corrected chi connectivity index (χ4v) is 8.30. The molecule has 0 bridgehead atoms. The molecule has 2 saturated heterocycles. The molecule has 2 aliphatic rings. The Hall–Kier alpha value is -3.77. The number of amidine groups is 1. The summed E-state index contributed by atoms with van der Waals surface area (Å²) in [5, 5.41) is 4.22. The lowest BCUT2D eigenvalue weighted by atomic mass is 9.90. The zero-order valence-electron chi connectivity index (χ0n) is 32.3. The van der Waals surface area contributed by atoms with E-state index in [-0.39, 0.29) is 56.3 Å². The van der Waals surface area contributed by atoms with Crippen molar-refractivity contribution in [3.8, 4) is 0 Å². The van der Waals surface area contributed by atoms with Crippen molar-refractivity contribution < 1.29 is 41.9 Å². The third kappa shape index (κ3) is 13.7. The lowest BCUT2D eigenvalue weighted by Gasteiger charge is -2.34. The van der Waals surface area contributed by atoms with Crippen LogP contribution in [0.15, 0.2) is 41.6 Å². The number of carbonyl (C=O) groups is 4. The minimum Gasteiger partial charge on any atom is -0.444 e. The number of benzene rings is 1.